The van der Waals surface area contributed by atoms with Gasteiger partial charge in [-0.15, -0.1) is 0 Å². The first-order valence-electron chi connectivity index (χ1n) is 5.47. The van der Waals surface area contributed by atoms with Gasteiger partial charge in [0, 0.05) is 25.8 Å². The summed E-state index contributed by atoms with van der Waals surface area (Å²) < 4.78 is 31.0. The first-order valence-corrected chi connectivity index (χ1v) is 5.47. The van der Waals surface area contributed by atoms with E-state index < -0.39 is 11.6 Å². The van der Waals surface area contributed by atoms with Crippen molar-refractivity contribution in [2.45, 2.75) is 13.0 Å². The third-order valence-corrected chi connectivity index (χ3v) is 2.71. The first-order chi connectivity index (χ1) is 7.74. The molecule has 1 saturated heterocycles. The Labute approximate surface area is 93.6 Å². The van der Waals surface area contributed by atoms with E-state index in [1.165, 1.54) is 12.1 Å². The summed E-state index contributed by atoms with van der Waals surface area (Å²) in [6, 6.07) is 3.58. The molecule has 1 N–H and O–H groups in total. The molecule has 1 aromatic carbocycles. The van der Waals surface area contributed by atoms with Crippen LogP contribution in [-0.2, 0) is 11.3 Å². The lowest BCUT2D eigenvalue weighted by atomic mass is 10.1. The standard InChI is InChI=1S/C12H15F2NO/c13-11-3-10(4-12(14)5-11)7-15-6-9-1-2-16-8-9/h3-5,9,15H,1-2,6-8H2. The second-order valence-corrected chi connectivity index (χ2v) is 4.14. The minimum absolute atomic E-state index is 0.491. The summed E-state index contributed by atoms with van der Waals surface area (Å²) in [5, 5.41) is 3.18. The molecule has 0 aliphatic carbocycles. The van der Waals surface area contributed by atoms with Gasteiger partial charge in [0.25, 0.3) is 0 Å². The van der Waals surface area contributed by atoms with Crippen LogP contribution in [0.15, 0.2) is 18.2 Å². The number of hydrogen-bond acceptors (Lipinski definition) is 2. The van der Waals surface area contributed by atoms with E-state index in [1.54, 1.807) is 0 Å². The molecule has 1 heterocycles. The highest BCUT2D eigenvalue weighted by Gasteiger charge is 2.14. The van der Waals surface area contributed by atoms with E-state index in [1.807, 2.05) is 0 Å². The summed E-state index contributed by atoms with van der Waals surface area (Å²) in [4.78, 5) is 0. The highest BCUT2D eigenvalue weighted by atomic mass is 19.1. The lowest BCUT2D eigenvalue weighted by Gasteiger charge is -2.09. The summed E-state index contributed by atoms with van der Waals surface area (Å²) in [6.07, 6.45) is 1.06. The molecular formula is C12H15F2NO. The number of benzene rings is 1. The van der Waals surface area contributed by atoms with Crippen LogP contribution < -0.4 is 5.32 Å². The highest BCUT2D eigenvalue weighted by molar-refractivity contribution is 5.17. The maximum absolute atomic E-state index is 12.9. The average Bonchev–Trinajstić information content (AvgIpc) is 2.69. The molecule has 0 aromatic heterocycles. The van der Waals surface area contributed by atoms with Crippen LogP contribution in [0.3, 0.4) is 0 Å². The Balaban J connectivity index is 1.80. The van der Waals surface area contributed by atoms with Crippen molar-refractivity contribution in [2.24, 2.45) is 5.92 Å². The Morgan fingerprint density at radius 1 is 1.25 bits per heavy atom. The molecule has 88 valence electrons. The van der Waals surface area contributed by atoms with Crippen LogP contribution in [0.1, 0.15) is 12.0 Å². The van der Waals surface area contributed by atoms with Gasteiger partial charge in [-0.3, -0.25) is 0 Å². The maximum atomic E-state index is 12.9. The van der Waals surface area contributed by atoms with Gasteiger partial charge in [-0.1, -0.05) is 0 Å². The third-order valence-electron chi connectivity index (χ3n) is 2.71. The molecule has 1 aliphatic heterocycles. The molecule has 0 amide bonds. The van der Waals surface area contributed by atoms with E-state index in [9.17, 15) is 8.78 Å². The largest absolute Gasteiger partial charge is 0.381 e. The van der Waals surface area contributed by atoms with Gasteiger partial charge in [-0.05, 0) is 30.0 Å². The molecule has 2 nitrogen and oxygen atoms in total. The normalized spacial score (nSPS) is 20.2. The maximum Gasteiger partial charge on any atom is 0.126 e. The molecule has 0 spiro atoms. The van der Waals surface area contributed by atoms with Crippen LogP contribution in [-0.4, -0.2) is 19.8 Å². The van der Waals surface area contributed by atoms with E-state index >= 15 is 0 Å². The average molecular weight is 227 g/mol. The van der Waals surface area contributed by atoms with Crippen molar-refractivity contribution >= 4 is 0 Å². The van der Waals surface area contributed by atoms with Crippen LogP contribution in [0.2, 0.25) is 0 Å². The molecule has 0 bridgehead atoms. The number of rotatable bonds is 4. The van der Waals surface area contributed by atoms with Crippen molar-refractivity contribution in [2.75, 3.05) is 19.8 Å². The molecule has 16 heavy (non-hydrogen) atoms. The fraction of sp³-hybridized carbons (Fsp3) is 0.500. The topological polar surface area (TPSA) is 21.3 Å². The third kappa shape index (κ3) is 3.25. The number of nitrogens with one attached hydrogen (secondary N) is 1. The Hall–Kier alpha value is -1.00. The van der Waals surface area contributed by atoms with Crippen molar-refractivity contribution < 1.29 is 13.5 Å². The fourth-order valence-corrected chi connectivity index (χ4v) is 1.88. The molecule has 1 aromatic rings. The summed E-state index contributed by atoms with van der Waals surface area (Å²) >= 11 is 0. The van der Waals surface area contributed by atoms with Gasteiger partial charge in [-0.2, -0.15) is 0 Å². The predicted molar refractivity (Wildman–Crippen MR) is 57.0 cm³/mol. The molecule has 2 rings (SSSR count). The zero-order valence-electron chi connectivity index (χ0n) is 9.01. The SMILES string of the molecule is Fc1cc(F)cc(CNCC2CCOC2)c1. The van der Waals surface area contributed by atoms with Crippen LogP contribution in [0.4, 0.5) is 8.78 Å². The molecule has 0 radical (unpaired) electrons. The Morgan fingerprint density at radius 2 is 2.00 bits per heavy atom. The fourth-order valence-electron chi connectivity index (χ4n) is 1.88. The molecule has 1 atom stereocenters. The van der Waals surface area contributed by atoms with Gasteiger partial charge in [0.1, 0.15) is 11.6 Å². The number of halogens is 2. The van der Waals surface area contributed by atoms with Gasteiger partial charge in [-0.25, -0.2) is 8.78 Å². The summed E-state index contributed by atoms with van der Waals surface area (Å²) in [5.74, 6) is -0.527. The van der Waals surface area contributed by atoms with Gasteiger partial charge in [0.05, 0.1) is 6.61 Å². The van der Waals surface area contributed by atoms with Crippen molar-refractivity contribution in [1.29, 1.82) is 0 Å². The van der Waals surface area contributed by atoms with Crippen LogP contribution in [0, 0.1) is 17.6 Å². The van der Waals surface area contributed by atoms with Crippen molar-refractivity contribution in [3.8, 4) is 0 Å². The monoisotopic (exact) mass is 227 g/mol. The van der Waals surface area contributed by atoms with Gasteiger partial charge < -0.3 is 10.1 Å². The second-order valence-electron chi connectivity index (χ2n) is 4.14. The van der Waals surface area contributed by atoms with E-state index in [-0.39, 0.29) is 0 Å². The van der Waals surface area contributed by atoms with Crippen LogP contribution >= 0.6 is 0 Å². The number of ether oxygens (including phenoxy) is 1. The van der Waals surface area contributed by atoms with Gasteiger partial charge in [0.15, 0.2) is 0 Å². The molecule has 1 aliphatic rings. The summed E-state index contributed by atoms with van der Waals surface area (Å²) in [6.45, 7) is 2.93. The molecule has 0 saturated carbocycles. The van der Waals surface area contributed by atoms with Crippen molar-refractivity contribution in [3.63, 3.8) is 0 Å². The lowest BCUT2D eigenvalue weighted by molar-refractivity contribution is 0.185. The summed E-state index contributed by atoms with van der Waals surface area (Å²) in [5.41, 5.74) is 0.636. The van der Waals surface area contributed by atoms with Crippen LogP contribution in [0.25, 0.3) is 0 Å². The Kier molecular flexibility index (Phi) is 3.85. The van der Waals surface area contributed by atoms with E-state index in [2.05, 4.69) is 5.32 Å². The highest BCUT2D eigenvalue weighted by Crippen LogP contribution is 2.11. The van der Waals surface area contributed by atoms with E-state index in [4.69, 9.17) is 4.74 Å². The zero-order valence-corrected chi connectivity index (χ0v) is 9.01. The minimum Gasteiger partial charge on any atom is -0.381 e. The van der Waals surface area contributed by atoms with Crippen LogP contribution in [0.5, 0.6) is 0 Å². The van der Waals surface area contributed by atoms with Crippen molar-refractivity contribution in [3.05, 3.63) is 35.4 Å². The van der Waals surface area contributed by atoms with E-state index in [0.29, 0.717) is 18.0 Å². The minimum atomic E-state index is -0.527. The summed E-state index contributed by atoms with van der Waals surface area (Å²) in [7, 11) is 0. The number of hydrogen-bond donors (Lipinski definition) is 1. The quantitative estimate of drug-likeness (QED) is 0.850. The van der Waals surface area contributed by atoms with Gasteiger partial charge in [0.2, 0.25) is 0 Å². The Bertz CT molecular complexity index is 331. The first kappa shape index (κ1) is 11.5. The lowest BCUT2D eigenvalue weighted by Crippen LogP contribution is -2.22. The molecular weight excluding hydrogens is 212 g/mol. The molecule has 1 unspecified atom stereocenters. The zero-order chi connectivity index (χ0) is 11.4. The van der Waals surface area contributed by atoms with Gasteiger partial charge >= 0.3 is 0 Å². The second kappa shape index (κ2) is 5.37. The van der Waals surface area contributed by atoms with Crippen molar-refractivity contribution in [1.82, 2.24) is 5.32 Å². The predicted octanol–water partition coefficient (Wildman–Crippen LogP) is 2.09. The van der Waals surface area contributed by atoms with E-state index in [0.717, 1.165) is 32.2 Å². The molecule has 1 fully saturated rings. The molecule has 4 heteroatoms. The smallest absolute Gasteiger partial charge is 0.126 e. The Morgan fingerprint density at radius 3 is 2.62 bits per heavy atom.